The molecule has 1 amide bonds. The number of piperidine rings is 1. The Morgan fingerprint density at radius 1 is 1.40 bits per heavy atom. The van der Waals surface area contributed by atoms with Gasteiger partial charge in [-0.05, 0) is 60.2 Å². The molecule has 2 aromatic rings. The monoisotopic (exact) mass is 398 g/mol. The lowest BCUT2D eigenvalue weighted by Gasteiger charge is -2.29. The van der Waals surface area contributed by atoms with Gasteiger partial charge in [0.15, 0.2) is 0 Å². The lowest BCUT2D eigenvalue weighted by Crippen LogP contribution is -2.38. The normalized spacial score (nSPS) is 20.8. The molecular formula is C18H23ClN2O2S2. The maximum absolute atomic E-state index is 13.2. The Morgan fingerprint density at radius 2 is 2.20 bits per heavy atom. The van der Waals surface area contributed by atoms with Gasteiger partial charge >= 0.3 is 0 Å². The van der Waals surface area contributed by atoms with Gasteiger partial charge in [0, 0.05) is 24.0 Å². The first-order valence-electron chi connectivity index (χ1n) is 8.37. The summed E-state index contributed by atoms with van der Waals surface area (Å²) in [4.78, 5) is 16.1. The number of halogens is 1. The van der Waals surface area contributed by atoms with E-state index in [0.717, 1.165) is 30.1 Å². The van der Waals surface area contributed by atoms with E-state index in [-0.39, 0.29) is 18.3 Å². The molecule has 0 radical (unpaired) electrons. The standard InChI is InChI=1S/C18H22N2O2S2.ClH/c1-22-14-8-15(24-12-14)17(21)20(10-13-2-7-23-11-13)16-9-18(16)3-5-19-6-4-18;/h2,7-8,11-12,16,19H,3-6,9-10H2,1H3;1H. The zero-order chi connectivity index (χ0) is 16.6. The van der Waals surface area contributed by atoms with Gasteiger partial charge in [-0.3, -0.25) is 4.79 Å². The zero-order valence-electron chi connectivity index (χ0n) is 14.2. The molecule has 3 heterocycles. The van der Waals surface area contributed by atoms with Gasteiger partial charge in [-0.15, -0.1) is 23.7 Å². The summed E-state index contributed by atoms with van der Waals surface area (Å²) in [5, 5.41) is 9.58. The molecule has 0 bridgehead atoms. The molecule has 1 saturated heterocycles. The molecule has 4 nitrogen and oxygen atoms in total. The van der Waals surface area contributed by atoms with Crippen molar-refractivity contribution in [3.63, 3.8) is 0 Å². The minimum Gasteiger partial charge on any atom is -0.496 e. The van der Waals surface area contributed by atoms with Crippen molar-refractivity contribution in [3.05, 3.63) is 38.7 Å². The molecule has 1 saturated carbocycles. The van der Waals surface area contributed by atoms with Crippen molar-refractivity contribution in [2.75, 3.05) is 20.2 Å². The van der Waals surface area contributed by atoms with E-state index in [4.69, 9.17) is 4.74 Å². The minimum atomic E-state index is 0. The maximum Gasteiger partial charge on any atom is 0.264 e. The van der Waals surface area contributed by atoms with Crippen LogP contribution in [0.2, 0.25) is 0 Å². The van der Waals surface area contributed by atoms with Gasteiger partial charge in [-0.2, -0.15) is 11.3 Å². The number of amides is 1. The second kappa shape index (κ2) is 7.66. The molecule has 1 atom stereocenters. The van der Waals surface area contributed by atoms with Crippen LogP contribution in [0, 0.1) is 5.41 Å². The summed E-state index contributed by atoms with van der Waals surface area (Å²) in [5.41, 5.74) is 1.58. The van der Waals surface area contributed by atoms with Crippen LogP contribution in [0.3, 0.4) is 0 Å². The van der Waals surface area contributed by atoms with Crippen molar-refractivity contribution >= 4 is 41.0 Å². The second-order valence-electron chi connectivity index (χ2n) is 6.75. The molecule has 1 aliphatic heterocycles. The lowest BCUT2D eigenvalue weighted by atomic mass is 9.93. The fourth-order valence-electron chi connectivity index (χ4n) is 3.81. The molecule has 136 valence electrons. The molecule has 7 heteroatoms. The van der Waals surface area contributed by atoms with E-state index in [1.807, 2.05) is 11.4 Å². The largest absolute Gasteiger partial charge is 0.496 e. The van der Waals surface area contributed by atoms with E-state index in [9.17, 15) is 4.79 Å². The highest BCUT2D eigenvalue weighted by Crippen LogP contribution is 2.56. The first-order chi connectivity index (χ1) is 11.7. The van der Waals surface area contributed by atoms with Crippen LogP contribution in [-0.2, 0) is 6.54 Å². The molecule has 0 aromatic carbocycles. The van der Waals surface area contributed by atoms with Crippen LogP contribution in [0.15, 0.2) is 28.3 Å². The highest BCUT2D eigenvalue weighted by atomic mass is 35.5. The number of ether oxygens (including phenoxy) is 1. The Bertz CT molecular complexity index is 710. The Balaban J connectivity index is 0.00000182. The van der Waals surface area contributed by atoms with Gasteiger partial charge in [0.1, 0.15) is 5.75 Å². The Labute approximate surface area is 162 Å². The van der Waals surface area contributed by atoms with Gasteiger partial charge in [-0.25, -0.2) is 0 Å². The number of thiophene rings is 2. The van der Waals surface area contributed by atoms with E-state index >= 15 is 0 Å². The van der Waals surface area contributed by atoms with Crippen LogP contribution >= 0.6 is 35.1 Å². The van der Waals surface area contributed by atoms with Crippen molar-refractivity contribution in [2.24, 2.45) is 5.41 Å². The van der Waals surface area contributed by atoms with Crippen molar-refractivity contribution in [3.8, 4) is 5.75 Å². The van der Waals surface area contributed by atoms with Crippen molar-refractivity contribution in [1.82, 2.24) is 10.2 Å². The highest BCUT2D eigenvalue weighted by molar-refractivity contribution is 7.12. The van der Waals surface area contributed by atoms with Crippen LogP contribution in [-0.4, -0.2) is 37.0 Å². The minimum absolute atomic E-state index is 0. The smallest absolute Gasteiger partial charge is 0.264 e. The first-order valence-corrected chi connectivity index (χ1v) is 10.2. The number of nitrogens with zero attached hydrogens (tertiary/aromatic N) is 1. The lowest BCUT2D eigenvalue weighted by molar-refractivity contribution is 0.0697. The van der Waals surface area contributed by atoms with Gasteiger partial charge in [0.25, 0.3) is 5.91 Å². The predicted octanol–water partition coefficient (Wildman–Crippen LogP) is 4.02. The number of methoxy groups -OCH3 is 1. The van der Waals surface area contributed by atoms with Crippen LogP contribution in [0.25, 0.3) is 0 Å². The summed E-state index contributed by atoms with van der Waals surface area (Å²) in [5.74, 6) is 0.918. The third-order valence-electron chi connectivity index (χ3n) is 5.34. The van der Waals surface area contributed by atoms with Crippen LogP contribution in [0.4, 0.5) is 0 Å². The van der Waals surface area contributed by atoms with E-state index in [2.05, 4.69) is 27.0 Å². The Morgan fingerprint density at radius 3 is 2.84 bits per heavy atom. The SMILES string of the molecule is COc1csc(C(=O)N(Cc2ccsc2)C2CC23CCNCC3)c1.Cl. The topological polar surface area (TPSA) is 41.6 Å². The maximum atomic E-state index is 13.2. The van der Waals surface area contributed by atoms with E-state index < -0.39 is 0 Å². The fraction of sp³-hybridized carbons (Fsp3) is 0.500. The summed E-state index contributed by atoms with van der Waals surface area (Å²) >= 11 is 3.17. The molecule has 2 aromatic heterocycles. The van der Waals surface area contributed by atoms with Gasteiger partial charge in [0.2, 0.25) is 0 Å². The highest BCUT2D eigenvalue weighted by Gasteiger charge is 2.57. The molecule has 1 spiro atoms. The number of carbonyl (C=O) groups excluding carboxylic acids is 1. The van der Waals surface area contributed by atoms with Gasteiger partial charge in [0.05, 0.1) is 12.0 Å². The number of carbonyl (C=O) groups is 1. The predicted molar refractivity (Wildman–Crippen MR) is 105 cm³/mol. The fourth-order valence-corrected chi connectivity index (χ4v) is 5.28. The van der Waals surface area contributed by atoms with Crippen LogP contribution in [0.5, 0.6) is 5.75 Å². The van der Waals surface area contributed by atoms with Gasteiger partial charge in [-0.1, -0.05) is 0 Å². The number of hydrogen-bond acceptors (Lipinski definition) is 5. The van der Waals surface area contributed by atoms with E-state index in [1.54, 1.807) is 18.4 Å². The molecule has 1 unspecified atom stereocenters. The van der Waals surface area contributed by atoms with Crippen molar-refractivity contribution < 1.29 is 9.53 Å². The molecule has 2 aliphatic rings. The molecular weight excluding hydrogens is 376 g/mol. The van der Waals surface area contributed by atoms with Crippen LogP contribution in [0.1, 0.15) is 34.5 Å². The third-order valence-corrected chi connectivity index (χ3v) is 6.97. The average molecular weight is 399 g/mol. The van der Waals surface area contributed by atoms with Crippen LogP contribution < -0.4 is 10.1 Å². The van der Waals surface area contributed by atoms with Crippen molar-refractivity contribution in [2.45, 2.75) is 31.8 Å². The molecule has 1 N–H and O–H groups in total. The molecule has 4 rings (SSSR count). The Hall–Kier alpha value is -1.08. The summed E-state index contributed by atoms with van der Waals surface area (Å²) in [6.45, 7) is 2.86. The summed E-state index contributed by atoms with van der Waals surface area (Å²) in [6, 6.07) is 4.36. The first kappa shape index (κ1) is 18.7. The molecule has 2 fully saturated rings. The van der Waals surface area contributed by atoms with E-state index in [1.165, 1.54) is 29.7 Å². The summed E-state index contributed by atoms with van der Waals surface area (Å²) < 4.78 is 5.25. The third kappa shape index (κ3) is 3.72. The molecule has 25 heavy (non-hydrogen) atoms. The Kier molecular flexibility index (Phi) is 5.73. The van der Waals surface area contributed by atoms with Crippen molar-refractivity contribution in [1.29, 1.82) is 0 Å². The number of hydrogen-bond donors (Lipinski definition) is 1. The summed E-state index contributed by atoms with van der Waals surface area (Å²) in [7, 11) is 1.64. The zero-order valence-corrected chi connectivity index (χ0v) is 16.6. The van der Waals surface area contributed by atoms with Gasteiger partial charge < -0.3 is 15.0 Å². The second-order valence-corrected chi connectivity index (χ2v) is 8.44. The van der Waals surface area contributed by atoms with E-state index in [0.29, 0.717) is 18.0 Å². The summed E-state index contributed by atoms with van der Waals surface area (Å²) in [6.07, 6.45) is 3.50. The number of nitrogens with one attached hydrogen (secondary N) is 1. The number of rotatable bonds is 5. The molecule has 1 aliphatic carbocycles. The average Bonchev–Trinajstić information content (AvgIpc) is 3.05. The quantitative estimate of drug-likeness (QED) is 0.826.